The van der Waals surface area contributed by atoms with Gasteiger partial charge in [0.05, 0.1) is 12.2 Å². The standard InChI is InChI=1S/C13H18ClNO/c1-10-2-7-13(16-10)9-15-12-5-3-11(8-14)4-6-12/h3-6,10,13,15H,2,7-9H2,1H3. The molecule has 2 rings (SSSR count). The number of rotatable bonds is 4. The average molecular weight is 240 g/mol. The number of ether oxygens (including phenoxy) is 1. The Bertz CT molecular complexity index is 325. The summed E-state index contributed by atoms with van der Waals surface area (Å²) in [6.45, 7) is 3.03. The third kappa shape index (κ3) is 3.13. The van der Waals surface area contributed by atoms with Crippen LogP contribution in [0.1, 0.15) is 25.3 Å². The Kier molecular flexibility index (Phi) is 4.08. The molecule has 3 heteroatoms. The highest BCUT2D eigenvalue weighted by atomic mass is 35.5. The highest BCUT2D eigenvalue weighted by Gasteiger charge is 2.20. The Labute approximate surface area is 102 Å². The van der Waals surface area contributed by atoms with Crippen LogP contribution in [0.4, 0.5) is 5.69 Å². The summed E-state index contributed by atoms with van der Waals surface area (Å²) < 4.78 is 5.74. The molecule has 1 fully saturated rings. The maximum atomic E-state index is 5.74. The van der Waals surface area contributed by atoms with Crippen LogP contribution in [0.15, 0.2) is 24.3 Å². The topological polar surface area (TPSA) is 21.3 Å². The van der Waals surface area contributed by atoms with Crippen LogP contribution in [0, 0.1) is 0 Å². The quantitative estimate of drug-likeness (QED) is 0.814. The second kappa shape index (κ2) is 5.55. The van der Waals surface area contributed by atoms with Crippen molar-refractivity contribution >= 4 is 17.3 Å². The van der Waals surface area contributed by atoms with Crippen molar-refractivity contribution in [1.29, 1.82) is 0 Å². The van der Waals surface area contributed by atoms with Crippen LogP contribution in [0.25, 0.3) is 0 Å². The Hall–Kier alpha value is -0.730. The van der Waals surface area contributed by atoms with E-state index in [1.54, 1.807) is 0 Å². The van der Waals surface area contributed by atoms with Crippen LogP contribution in [-0.2, 0) is 10.6 Å². The van der Waals surface area contributed by atoms with E-state index in [9.17, 15) is 0 Å². The molecule has 88 valence electrons. The largest absolute Gasteiger partial charge is 0.382 e. The van der Waals surface area contributed by atoms with Gasteiger partial charge in [-0.15, -0.1) is 11.6 Å². The molecule has 1 aromatic rings. The van der Waals surface area contributed by atoms with Crippen LogP contribution in [-0.4, -0.2) is 18.8 Å². The van der Waals surface area contributed by atoms with Crippen molar-refractivity contribution in [2.24, 2.45) is 0 Å². The fraction of sp³-hybridized carbons (Fsp3) is 0.538. The Balaban J connectivity index is 1.80. The third-order valence-electron chi connectivity index (χ3n) is 2.96. The van der Waals surface area contributed by atoms with Crippen LogP contribution in [0.3, 0.4) is 0 Å². The smallest absolute Gasteiger partial charge is 0.0751 e. The van der Waals surface area contributed by atoms with Crippen LogP contribution in [0.2, 0.25) is 0 Å². The van der Waals surface area contributed by atoms with E-state index in [0.29, 0.717) is 18.1 Å². The van der Waals surface area contributed by atoms with Gasteiger partial charge in [-0.2, -0.15) is 0 Å². The van der Waals surface area contributed by atoms with Crippen molar-refractivity contribution in [3.8, 4) is 0 Å². The molecule has 1 saturated heterocycles. The van der Waals surface area contributed by atoms with E-state index < -0.39 is 0 Å². The van der Waals surface area contributed by atoms with Gasteiger partial charge in [0.1, 0.15) is 0 Å². The molecule has 16 heavy (non-hydrogen) atoms. The first kappa shape index (κ1) is 11.7. The van der Waals surface area contributed by atoms with E-state index in [1.807, 2.05) is 12.1 Å². The van der Waals surface area contributed by atoms with Crippen LogP contribution < -0.4 is 5.32 Å². The average Bonchev–Trinajstić information content (AvgIpc) is 2.73. The van der Waals surface area contributed by atoms with E-state index in [-0.39, 0.29) is 0 Å². The Morgan fingerprint density at radius 2 is 2.06 bits per heavy atom. The molecule has 0 spiro atoms. The summed E-state index contributed by atoms with van der Waals surface area (Å²) >= 11 is 5.74. The fourth-order valence-corrected chi connectivity index (χ4v) is 2.16. The third-order valence-corrected chi connectivity index (χ3v) is 3.27. The molecule has 1 heterocycles. The molecule has 0 aromatic heterocycles. The van der Waals surface area contributed by atoms with Crippen molar-refractivity contribution in [3.05, 3.63) is 29.8 Å². The van der Waals surface area contributed by atoms with E-state index in [2.05, 4.69) is 24.4 Å². The monoisotopic (exact) mass is 239 g/mol. The highest BCUT2D eigenvalue weighted by molar-refractivity contribution is 6.17. The van der Waals surface area contributed by atoms with Crippen molar-refractivity contribution in [3.63, 3.8) is 0 Å². The van der Waals surface area contributed by atoms with Gasteiger partial charge < -0.3 is 10.1 Å². The minimum absolute atomic E-state index is 0.364. The number of anilines is 1. The summed E-state index contributed by atoms with van der Waals surface area (Å²) in [6.07, 6.45) is 3.12. The molecule has 0 radical (unpaired) electrons. The first-order valence-electron chi connectivity index (χ1n) is 5.82. The minimum Gasteiger partial charge on any atom is -0.382 e. The van der Waals surface area contributed by atoms with Crippen LogP contribution >= 0.6 is 11.6 Å². The minimum atomic E-state index is 0.364. The number of alkyl halides is 1. The highest BCUT2D eigenvalue weighted by Crippen LogP contribution is 2.19. The Morgan fingerprint density at radius 1 is 1.31 bits per heavy atom. The van der Waals surface area contributed by atoms with Gasteiger partial charge in [0.25, 0.3) is 0 Å². The van der Waals surface area contributed by atoms with E-state index in [4.69, 9.17) is 16.3 Å². The van der Waals surface area contributed by atoms with Crippen molar-refractivity contribution in [1.82, 2.24) is 0 Å². The van der Waals surface area contributed by atoms with E-state index in [0.717, 1.165) is 24.2 Å². The zero-order chi connectivity index (χ0) is 11.4. The molecule has 1 aliphatic rings. The van der Waals surface area contributed by atoms with Crippen molar-refractivity contribution < 1.29 is 4.74 Å². The summed E-state index contributed by atoms with van der Waals surface area (Å²) in [5, 5.41) is 3.39. The SMILES string of the molecule is CC1CCC(CNc2ccc(CCl)cc2)O1. The van der Waals surface area contributed by atoms with Gasteiger partial charge in [-0.3, -0.25) is 0 Å². The van der Waals surface area contributed by atoms with Gasteiger partial charge in [-0.1, -0.05) is 12.1 Å². The van der Waals surface area contributed by atoms with Gasteiger partial charge >= 0.3 is 0 Å². The van der Waals surface area contributed by atoms with E-state index in [1.165, 1.54) is 6.42 Å². The summed E-state index contributed by atoms with van der Waals surface area (Å²) in [5.74, 6) is 0.573. The van der Waals surface area contributed by atoms with Gasteiger partial charge in [0.15, 0.2) is 0 Å². The second-order valence-electron chi connectivity index (χ2n) is 4.36. The molecule has 1 aromatic carbocycles. The normalized spacial score (nSPS) is 24.6. The van der Waals surface area contributed by atoms with Gasteiger partial charge in [0.2, 0.25) is 0 Å². The summed E-state index contributed by atoms with van der Waals surface area (Å²) in [7, 11) is 0. The molecule has 0 saturated carbocycles. The molecule has 0 aliphatic carbocycles. The Morgan fingerprint density at radius 3 is 2.62 bits per heavy atom. The number of halogens is 1. The molecule has 2 nitrogen and oxygen atoms in total. The predicted octanol–water partition coefficient (Wildman–Crippen LogP) is 3.40. The maximum Gasteiger partial charge on any atom is 0.0751 e. The first-order valence-corrected chi connectivity index (χ1v) is 6.35. The molecular formula is C13H18ClNO. The number of nitrogens with one attached hydrogen (secondary N) is 1. The van der Waals surface area contributed by atoms with Gasteiger partial charge in [0, 0.05) is 18.1 Å². The molecule has 2 atom stereocenters. The van der Waals surface area contributed by atoms with Crippen molar-refractivity contribution in [2.75, 3.05) is 11.9 Å². The molecule has 2 unspecified atom stereocenters. The fourth-order valence-electron chi connectivity index (χ4n) is 1.98. The van der Waals surface area contributed by atoms with Gasteiger partial charge in [-0.25, -0.2) is 0 Å². The van der Waals surface area contributed by atoms with Crippen molar-refractivity contribution in [2.45, 2.75) is 37.9 Å². The summed E-state index contributed by atoms with van der Waals surface area (Å²) in [5.41, 5.74) is 2.29. The lowest BCUT2D eigenvalue weighted by Crippen LogP contribution is -2.19. The zero-order valence-electron chi connectivity index (χ0n) is 9.58. The summed E-state index contributed by atoms with van der Waals surface area (Å²) in [6, 6.07) is 8.23. The van der Waals surface area contributed by atoms with Gasteiger partial charge in [-0.05, 0) is 37.5 Å². The predicted molar refractivity (Wildman–Crippen MR) is 68.1 cm³/mol. The number of benzene rings is 1. The number of hydrogen-bond acceptors (Lipinski definition) is 2. The summed E-state index contributed by atoms with van der Waals surface area (Å²) in [4.78, 5) is 0. The van der Waals surface area contributed by atoms with Crippen LogP contribution in [0.5, 0.6) is 0 Å². The molecular weight excluding hydrogens is 222 g/mol. The maximum absolute atomic E-state index is 5.74. The van der Waals surface area contributed by atoms with E-state index >= 15 is 0 Å². The second-order valence-corrected chi connectivity index (χ2v) is 4.62. The molecule has 0 amide bonds. The lowest BCUT2D eigenvalue weighted by molar-refractivity contribution is 0.0637. The lowest BCUT2D eigenvalue weighted by Gasteiger charge is -2.13. The molecule has 0 bridgehead atoms. The zero-order valence-corrected chi connectivity index (χ0v) is 10.3. The molecule has 1 N–H and O–H groups in total. The first-order chi connectivity index (χ1) is 7.78. The lowest BCUT2D eigenvalue weighted by atomic mass is 10.2. The molecule has 1 aliphatic heterocycles. The number of hydrogen-bond donors (Lipinski definition) is 1.